The van der Waals surface area contributed by atoms with Crippen LogP contribution >= 0.6 is 0 Å². The van der Waals surface area contributed by atoms with E-state index in [4.69, 9.17) is 4.74 Å². The van der Waals surface area contributed by atoms with E-state index >= 15 is 0 Å². The lowest BCUT2D eigenvalue weighted by Crippen LogP contribution is -2.21. The normalized spacial score (nSPS) is 11.5. The van der Waals surface area contributed by atoms with Gasteiger partial charge < -0.3 is 10.1 Å². The number of amides is 1. The van der Waals surface area contributed by atoms with Crippen molar-refractivity contribution in [2.45, 2.75) is 6.18 Å². The molecule has 0 radical (unpaired) electrons. The van der Waals surface area contributed by atoms with Gasteiger partial charge in [-0.2, -0.15) is 13.2 Å². The van der Waals surface area contributed by atoms with Gasteiger partial charge in [0, 0.05) is 17.5 Å². The van der Waals surface area contributed by atoms with E-state index in [1.807, 2.05) is 24.3 Å². The molecule has 164 valence electrons. The van der Waals surface area contributed by atoms with E-state index in [-0.39, 0.29) is 0 Å². The molecule has 3 aromatic rings. The van der Waals surface area contributed by atoms with Gasteiger partial charge in [0.25, 0.3) is 11.6 Å². The average Bonchev–Trinajstić information content (AvgIpc) is 2.75. The number of rotatable bonds is 6. The van der Waals surface area contributed by atoms with E-state index in [1.165, 1.54) is 6.08 Å². The fourth-order valence-corrected chi connectivity index (χ4v) is 2.66. The number of esters is 1. The monoisotopic (exact) mass is 445 g/mol. The van der Waals surface area contributed by atoms with Gasteiger partial charge in [-0.05, 0) is 30.3 Å². The van der Waals surface area contributed by atoms with Crippen LogP contribution in [0.3, 0.4) is 0 Å². The van der Waals surface area contributed by atoms with E-state index in [9.17, 15) is 32.9 Å². The summed E-state index contributed by atoms with van der Waals surface area (Å²) in [6.07, 6.45) is -2.35. The van der Waals surface area contributed by atoms with E-state index in [0.717, 1.165) is 23.0 Å². The Morgan fingerprint density at radius 1 is 1.12 bits per heavy atom. The highest BCUT2D eigenvalue weighted by atomic mass is 19.4. The summed E-state index contributed by atoms with van der Waals surface area (Å²) in [5, 5.41) is 14.0. The van der Waals surface area contributed by atoms with Crippen LogP contribution < -0.4 is 5.32 Å². The first-order chi connectivity index (χ1) is 15.1. The second-order valence-corrected chi connectivity index (χ2v) is 6.40. The van der Waals surface area contributed by atoms with Crippen molar-refractivity contribution < 1.29 is 32.4 Å². The SMILES string of the molecule is O=C(COC(=O)C=Cc1ccc2ccccc2n1)Nc1ccc(C(F)(F)F)cc1[N+](=O)[O-]. The van der Waals surface area contributed by atoms with Crippen LogP contribution in [0.25, 0.3) is 17.0 Å². The predicted molar refractivity (Wildman–Crippen MR) is 108 cm³/mol. The molecule has 1 heterocycles. The lowest BCUT2D eigenvalue weighted by Gasteiger charge is -2.10. The van der Waals surface area contributed by atoms with E-state index in [2.05, 4.69) is 10.3 Å². The average molecular weight is 445 g/mol. The number of nitrogens with one attached hydrogen (secondary N) is 1. The second kappa shape index (κ2) is 9.25. The molecule has 0 spiro atoms. The predicted octanol–water partition coefficient (Wildman–Crippen LogP) is 4.36. The number of hydrogen-bond donors (Lipinski definition) is 1. The van der Waals surface area contributed by atoms with Crippen molar-refractivity contribution in [1.82, 2.24) is 4.98 Å². The zero-order chi connectivity index (χ0) is 23.3. The topological polar surface area (TPSA) is 111 Å². The summed E-state index contributed by atoms with van der Waals surface area (Å²) < 4.78 is 42.9. The first-order valence-electron chi connectivity index (χ1n) is 8.99. The summed E-state index contributed by atoms with van der Waals surface area (Å²) in [5.41, 5.74) is -1.44. The quantitative estimate of drug-likeness (QED) is 0.261. The van der Waals surface area contributed by atoms with Crippen LogP contribution in [0, 0.1) is 10.1 Å². The highest BCUT2D eigenvalue weighted by Crippen LogP contribution is 2.34. The van der Waals surface area contributed by atoms with Crippen LogP contribution in [0.1, 0.15) is 11.3 Å². The van der Waals surface area contributed by atoms with Crippen LogP contribution in [0.5, 0.6) is 0 Å². The van der Waals surface area contributed by atoms with Gasteiger partial charge in [0.1, 0.15) is 5.69 Å². The Balaban J connectivity index is 1.60. The number of nitro benzene ring substituents is 1. The molecular formula is C21H14F3N3O5. The molecule has 0 aliphatic rings. The number of halogens is 3. The maximum atomic E-state index is 12.7. The van der Waals surface area contributed by atoms with Crippen molar-refractivity contribution in [3.63, 3.8) is 0 Å². The number of fused-ring (bicyclic) bond motifs is 1. The van der Waals surface area contributed by atoms with Crippen molar-refractivity contribution in [2.75, 3.05) is 11.9 Å². The number of aromatic nitrogens is 1. The fourth-order valence-electron chi connectivity index (χ4n) is 2.66. The van der Waals surface area contributed by atoms with Crippen molar-refractivity contribution in [3.05, 3.63) is 82.0 Å². The third-order valence-corrected chi connectivity index (χ3v) is 4.15. The van der Waals surface area contributed by atoms with Crippen LogP contribution in [0.4, 0.5) is 24.5 Å². The Bertz CT molecular complexity index is 1220. The number of carbonyl (C=O) groups is 2. The fraction of sp³-hybridized carbons (Fsp3) is 0.0952. The molecule has 1 amide bonds. The van der Waals surface area contributed by atoms with Gasteiger partial charge in [-0.1, -0.05) is 24.3 Å². The molecule has 0 atom stereocenters. The Hall–Kier alpha value is -4.28. The first-order valence-corrected chi connectivity index (χ1v) is 8.99. The van der Waals surface area contributed by atoms with Crippen molar-refractivity contribution in [1.29, 1.82) is 0 Å². The molecule has 0 bridgehead atoms. The van der Waals surface area contributed by atoms with Crippen molar-refractivity contribution >= 4 is 40.2 Å². The van der Waals surface area contributed by atoms with Gasteiger partial charge in [-0.25, -0.2) is 9.78 Å². The minimum absolute atomic E-state index is 0.306. The molecule has 0 aliphatic carbocycles. The Morgan fingerprint density at radius 3 is 2.59 bits per heavy atom. The van der Waals surface area contributed by atoms with Crippen molar-refractivity contribution in [3.8, 4) is 0 Å². The van der Waals surface area contributed by atoms with Crippen LogP contribution in [0.2, 0.25) is 0 Å². The molecule has 2 aromatic carbocycles. The summed E-state index contributed by atoms with van der Waals surface area (Å²) in [6, 6.07) is 12.5. The molecule has 1 aromatic heterocycles. The van der Waals surface area contributed by atoms with Gasteiger partial charge in [0.2, 0.25) is 0 Å². The zero-order valence-corrected chi connectivity index (χ0v) is 16.1. The summed E-state index contributed by atoms with van der Waals surface area (Å²) in [4.78, 5) is 38.0. The van der Waals surface area contributed by atoms with Gasteiger partial charge in [0.05, 0.1) is 21.7 Å². The Morgan fingerprint density at radius 2 is 1.88 bits per heavy atom. The maximum Gasteiger partial charge on any atom is 0.416 e. The van der Waals surface area contributed by atoms with Crippen LogP contribution in [-0.4, -0.2) is 28.4 Å². The number of pyridine rings is 1. The summed E-state index contributed by atoms with van der Waals surface area (Å²) in [6.45, 7) is -0.799. The Labute approximate surface area is 178 Å². The minimum Gasteiger partial charge on any atom is -0.452 e. The molecule has 3 rings (SSSR count). The van der Waals surface area contributed by atoms with Crippen LogP contribution in [-0.2, 0) is 20.5 Å². The molecular weight excluding hydrogens is 431 g/mol. The molecule has 0 fully saturated rings. The van der Waals surface area contributed by atoms with Gasteiger partial charge in [-0.15, -0.1) is 0 Å². The largest absolute Gasteiger partial charge is 0.452 e. The smallest absolute Gasteiger partial charge is 0.416 e. The first kappa shape index (κ1) is 22.4. The van der Waals surface area contributed by atoms with Crippen LogP contribution in [0.15, 0.2) is 60.7 Å². The maximum absolute atomic E-state index is 12.7. The Kier molecular flexibility index (Phi) is 6.47. The molecule has 11 heteroatoms. The van der Waals surface area contributed by atoms with Gasteiger partial charge >= 0.3 is 12.1 Å². The highest BCUT2D eigenvalue weighted by Gasteiger charge is 2.33. The minimum atomic E-state index is -4.78. The number of nitrogens with zero attached hydrogens (tertiary/aromatic N) is 2. The standard InChI is InChI=1S/C21H14F3N3O5/c22-21(23,24)14-6-9-17(18(11-14)27(30)31)26-19(28)12-32-20(29)10-8-15-7-5-13-3-1-2-4-16(13)25-15/h1-11H,12H2,(H,26,28). The van der Waals surface area contributed by atoms with E-state index in [0.29, 0.717) is 17.8 Å². The molecule has 1 N–H and O–H groups in total. The number of alkyl halides is 3. The number of para-hydroxylation sites is 1. The van der Waals surface area contributed by atoms with E-state index < -0.39 is 46.5 Å². The highest BCUT2D eigenvalue weighted by molar-refractivity contribution is 5.96. The molecule has 0 saturated carbocycles. The number of carbonyl (C=O) groups excluding carboxylic acids is 2. The molecule has 0 aliphatic heterocycles. The third kappa shape index (κ3) is 5.65. The third-order valence-electron chi connectivity index (χ3n) is 4.15. The number of nitro groups is 1. The van der Waals surface area contributed by atoms with Gasteiger partial charge in [0.15, 0.2) is 6.61 Å². The van der Waals surface area contributed by atoms with Gasteiger partial charge in [-0.3, -0.25) is 14.9 Å². The zero-order valence-electron chi connectivity index (χ0n) is 16.1. The number of anilines is 1. The summed E-state index contributed by atoms with van der Waals surface area (Å²) in [7, 11) is 0. The number of ether oxygens (including phenoxy) is 1. The lowest BCUT2D eigenvalue weighted by molar-refractivity contribution is -0.384. The molecule has 0 unspecified atom stereocenters. The van der Waals surface area contributed by atoms with Crippen molar-refractivity contribution in [2.24, 2.45) is 0 Å². The lowest BCUT2D eigenvalue weighted by atomic mass is 10.1. The van der Waals surface area contributed by atoms with E-state index in [1.54, 1.807) is 12.1 Å². The second-order valence-electron chi connectivity index (χ2n) is 6.40. The molecule has 0 saturated heterocycles. The summed E-state index contributed by atoms with van der Waals surface area (Å²) >= 11 is 0. The number of benzene rings is 2. The summed E-state index contributed by atoms with van der Waals surface area (Å²) in [5.74, 6) is -1.84. The molecule has 8 nitrogen and oxygen atoms in total. The molecule has 32 heavy (non-hydrogen) atoms. The number of hydrogen-bond acceptors (Lipinski definition) is 6.